The molecule has 0 aliphatic heterocycles. The van der Waals surface area contributed by atoms with Gasteiger partial charge < -0.3 is 5.32 Å². The van der Waals surface area contributed by atoms with Gasteiger partial charge in [0.2, 0.25) is 15.9 Å². The van der Waals surface area contributed by atoms with Gasteiger partial charge in [0.1, 0.15) is 0 Å². The first-order valence-corrected chi connectivity index (χ1v) is 10.6. The van der Waals surface area contributed by atoms with E-state index in [4.69, 9.17) is 11.6 Å². The van der Waals surface area contributed by atoms with Crippen LogP contribution in [0.1, 0.15) is 18.4 Å². The minimum atomic E-state index is -4.70. The lowest BCUT2D eigenvalue weighted by Gasteiger charge is -2.22. The summed E-state index contributed by atoms with van der Waals surface area (Å²) in [4.78, 5) is 12.0. The first kappa shape index (κ1) is 23.9. The van der Waals surface area contributed by atoms with Crippen LogP contribution in [-0.2, 0) is 21.0 Å². The summed E-state index contributed by atoms with van der Waals surface area (Å²) in [5, 5.41) is 1.76. The van der Waals surface area contributed by atoms with Crippen molar-refractivity contribution in [2.75, 3.05) is 22.4 Å². The molecule has 30 heavy (non-hydrogen) atoms. The third kappa shape index (κ3) is 6.30. The van der Waals surface area contributed by atoms with Gasteiger partial charge in [-0.15, -0.1) is 0 Å². The molecule has 1 amide bonds. The number of benzene rings is 2. The highest BCUT2D eigenvalue weighted by Gasteiger charge is 2.33. The molecular formula is C18H16ClF5N2O3S. The highest BCUT2D eigenvalue weighted by atomic mass is 35.5. The van der Waals surface area contributed by atoms with Gasteiger partial charge in [-0.05, 0) is 36.8 Å². The number of amides is 1. The summed E-state index contributed by atoms with van der Waals surface area (Å²) in [6, 6.07) is 5.43. The zero-order valence-corrected chi connectivity index (χ0v) is 17.0. The second kappa shape index (κ2) is 9.17. The van der Waals surface area contributed by atoms with Crippen molar-refractivity contribution < 1.29 is 35.2 Å². The van der Waals surface area contributed by atoms with Crippen LogP contribution < -0.4 is 9.62 Å². The third-order valence-electron chi connectivity index (χ3n) is 3.91. The van der Waals surface area contributed by atoms with E-state index in [1.165, 1.54) is 6.07 Å². The highest BCUT2D eigenvalue weighted by molar-refractivity contribution is 7.92. The lowest BCUT2D eigenvalue weighted by Crippen LogP contribution is -2.31. The lowest BCUT2D eigenvalue weighted by atomic mass is 10.2. The maximum atomic E-state index is 13.4. The van der Waals surface area contributed by atoms with Gasteiger partial charge in [0.15, 0.2) is 11.6 Å². The maximum Gasteiger partial charge on any atom is 0.417 e. The van der Waals surface area contributed by atoms with Gasteiger partial charge >= 0.3 is 6.18 Å². The molecule has 0 heterocycles. The van der Waals surface area contributed by atoms with Crippen LogP contribution in [0.2, 0.25) is 5.02 Å². The molecule has 0 saturated carbocycles. The van der Waals surface area contributed by atoms with Crippen LogP contribution in [0.5, 0.6) is 0 Å². The van der Waals surface area contributed by atoms with E-state index in [-0.39, 0.29) is 30.8 Å². The molecule has 0 fully saturated rings. The zero-order valence-electron chi connectivity index (χ0n) is 15.4. The van der Waals surface area contributed by atoms with Gasteiger partial charge in [0.25, 0.3) is 0 Å². The van der Waals surface area contributed by atoms with Crippen molar-refractivity contribution in [3.8, 4) is 0 Å². The van der Waals surface area contributed by atoms with E-state index in [1.807, 2.05) is 0 Å². The topological polar surface area (TPSA) is 66.5 Å². The molecule has 0 aliphatic carbocycles. The van der Waals surface area contributed by atoms with Gasteiger partial charge in [-0.3, -0.25) is 9.10 Å². The van der Waals surface area contributed by atoms with E-state index in [9.17, 15) is 35.2 Å². The van der Waals surface area contributed by atoms with Crippen LogP contribution in [-0.4, -0.2) is 27.1 Å². The molecule has 2 rings (SSSR count). The summed E-state index contributed by atoms with van der Waals surface area (Å²) in [7, 11) is -3.86. The van der Waals surface area contributed by atoms with E-state index >= 15 is 0 Å². The van der Waals surface area contributed by atoms with Crippen LogP contribution in [0.15, 0.2) is 36.4 Å². The molecule has 0 saturated heterocycles. The molecule has 164 valence electrons. The minimum Gasteiger partial charge on any atom is -0.326 e. The molecule has 12 heteroatoms. The van der Waals surface area contributed by atoms with E-state index in [0.717, 1.165) is 28.8 Å². The summed E-state index contributed by atoms with van der Waals surface area (Å²) in [6.45, 7) is -0.230. The Labute approximate surface area is 174 Å². The SMILES string of the molecule is CS(=O)(=O)N(CCCC(=O)Nc1ccc(Cl)c(C(F)(F)F)c1)c1ccc(F)c(F)c1. The Kier molecular flexibility index (Phi) is 7.30. The maximum absolute atomic E-state index is 13.4. The van der Waals surface area contributed by atoms with E-state index in [1.54, 1.807) is 0 Å². The van der Waals surface area contributed by atoms with Crippen molar-refractivity contribution >= 4 is 38.9 Å². The normalized spacial score (nSPS) is 12.0. The van der Waals surface area contributed by atoms with Crippen molar-refractivity contribution in [3.05, 3.63) is 58.6 Å². The number of hydrogen-bond acceptors (Lipinski definition) is 3. The molecule has 0 bridgehead atoms. The Bertz CT molecular complexity index is 1040. The molecule has 0 unspecified atom stereocenters. The number of halogens is 6. The Morgan fingerprint density at radius 3 is 2.33 bits per heavy atom. The van der Waals surface area contributed by atoms with Gasteiger partial charge in [-0.1, -0.05) is 11.6 Å². The Morgan fingerprint density at radius 1 is 1.10 bits per heavy atom. The van der Waals surface area contributed by atoms with Gasteiger partial charge in [-0.2, -0.15) is 13.2 Å². The molecule has 0 aliphatic rings. The average molecular weight is 471 g/mol. The quantitative estimate of drug-likeness (QED) is 0.590. The standard InChI is InChI=1S/C18H16ClF5N2O3S/c1-30(28,29)26(12-5-7-15(20)16(21)10-12)8-2-3-17(27)25-11-4-6-14(19)13(9-11)18(22,23)24/h4-7,9-10H,2-3,8H2,1H3,(H,25,27). The largest absolute Gasteiger partial charge is 0.417 e. The van der Waals surface area contributed by atoms with E-state index < -0.39 is 44.3 Å². The first-order valence-electron chi connectivity index (χ1n) is 8.38. The molecule has 0 atom stereocenters. The smallest absolute Gasteiger partial charge is 0.326 e. The number of hydrogen-bond donors (Lipinski definition) is 1. The number of rotatable bonds is 7. The number of carbonyl (C=O) groups excluding carboxylic acids is 1. The lowest BCUT2D eigenvalue weighted by molar-refractivity contribution is -0.137. The zero-order chi connectivity index (χ0) is 22.7. The number of anilines is 2. The Balaban J connectivity index is 2.04. The molecule has 0 aromatic heterocycles. The molecule has 1 N–H and O–H groups in total. The van der Waals surface area contributed by atoms with Crippen LogP contribution in [0, 0.1) is 11.6 Å². The van der Waals surface area contributed by atoms with E-state index in [0.29, 0.717) is 12.1 Å². The molecule has 2 aromatic rings. The summed E-state index contributed by atoms with van der Waals surface area (Å²) >= 11 is 5.51. The predicted molar refractivity (Wildman–Crippen MR) is 103 cm³/mol. The van der Waals surface area contributed by atoms with Gasteiger partial charge in [0, 0.05) is 24.7 Å². The Hall–Kier alpha value is -2.40. The Morgan fingerprint density at radius 2 is 1.77 bits per heavy atom. The minimum absolute atomic E-state index is 0.0301. The average Bonchev–Trinajstić information content (AvgIpc) is 2.61. The fourth-order valence-corrected chi connectivity index (χ4v) is 3.74. The monoisotopic (exact) mass is 470 g/mol. The fourth-order valence-electron chi connectivity index (χ4n) is 2.55. The molecule has 0 radical (unpaired) electrons. The van der Waals surface area contributed by atoms with Crippen molar-refractivity contribution in [3.63, 3.8) is 0 Å². The molecule has 5 nitrogen and oxygen atoms in total. The fraction of sp³-hybridized carbons (Fsp3) is 0.278. The van der Waals surface area contributed by atoms with Gasteiger partial charge in [0.05, 0.1) is 22.5 Å². The summed E-state index contributed by atoms with van der Waals surface area (Å²) < 4.78 is 89.8. The number of nitrogens with zero attached hydrogens (tertiary/aromatic N) is 1. The van der Waals surface area contributed by atoms with Crippen molar-refractivity contribution in [1.82, 2.24) is 0 Å². The van der Waals surface area contributed by atoms with Crippen molar-refractivity contribution in [2.24, 2.45) is 0 Å². The number of alkyl halides is 3. The van der Waals surface area contributed by atoms with Crippen molar-refractivity contribution in [1.29, 1.82) is 0 Å². The molecule has 0 spiro atoms. The third-order valence-corrected chi connectivity index (χ3v) is 5.44. The second-order valence-corrected chi connectivity index (χ2v) is 8.59. The first-order chi connectivity index (χ1) is 13.8. The number of nitrogens with one attached hydrogen (secondary N) is 1. The summed E-state index contributed by atoms with van der Waals surface area (Å²) in [5.74, 6) is -3.04. The summed E-state index contributed by atoms with van der Waals surface area (Å²) in [6.07, 6.45) is -4.10. The van der Waals surface area contributed by atoms with Gasteiger partial charge in [-0.25, -0.2) is 17.2 Å². The summed E-state index contributed by atoms with van der Waals surface area (Å²) in [5.41, 5.74) is -1.36. The van der Waals surface area contributed by atoms with Crippen LogP contribution >= 0.6 is 11.6 Å². The molecule has 2 aromatic carbocycles. The highest BCUT2D eigenvalue weighted by Crippen LogP contribution is 2.36. The predicted octanol–water partition coefficient (Wildman–Crippen LogP) is 4.82. The van der Waals surface area contributed by atoms with Crippen LogP contribution in [0.3, 0.4) is 0 Å². The van der Waals surface area contributed by atoms with Crippen molar-refractivity contribution in [2.45, 2.75) is 19.0 Å². The van der Waals surface area contributed by atoms with Crippen LogP contribution in [0.25, 0.3) is 0 Å². The number of carbonyl (C=O) groups is 1. The van der Waals surface area contributed by atoms with Crippen LogP contribution in [0.4, 0.5) is 33.3 Å². The van der Waals surface area contributed by atoms with E-state index in [2.05, 4.69) is 5.32 Å². The number of sulfonamides is 1. The second-order valence-electron chi connectivity index (χ2n) is 6.28. The molecular weight excluding hydrogens is 455 g/mol.